The molecule has 0 bridgehead atoms. The monoisotopic (exact) mass is 343 g/mol. The minimum atomic E-state index is -0.425. The lowest BCUT2D eigenvalue weighted by Crippen LogP contribution is -2.33. The van der Waals surface area contributed by atoms with Crippen molar-refractivity contribution >= 4 is 23.3 Å². The molecule has 25 heavy (non-hydrogen) atoms. The lowest BCUT2D eigenvalue weighted by molar-refractivity contribution is -0.119. The van der Waals surface area contributed by atoms with Gasteiger partial charge in [0.15, 0.2) is 0 Å². The zero-order valence-corrected chi connectivity index (χ0v) is 14.1. The third-order valence-corrected chi connectivity index (χ3v) is 5.35. The summed E-state index contributed by atoms with van der Waals surface area (Å²) in [6.07, 6.45) is 5.04. The van der Waals surface area contributed by atoms with Gasteiger partial charge in [-0.2, -0.15) is 0 Å². The molecule has 7 nitrogen and oxygen atoms in total. The Bertz CT molecular complexity index is 745. The van der Waals surface area contributed by atoms with Gasteiger partial charge in [-0.05, 0) is 36.5 Å². The van der Waals surface area contributed by atoms with E-state index in [1.54, 1.807) is 6.20 Å². The Morgan fingerprint density at radius 1 is 1.52 bits per heavy atom. The van der Waals surface area contributed by atoms with Crippen LogP contribution in [0.25, 0.3) is 5.57 Å². The van der Waals surface area contributed by atoms with E-state index >= 15 is 0 Å². The van der Waals surface area contributed by atoms with Gasteiger partial charge in [-0.1, -0.05) is 6.08 Å². The summed E-state index contributed by atoms with van der Waals surface area (Å²) in [5.41, 5.74) is 2.81. The molecular formula is C18H21N3O4. The van der Waals surface area contributed by atoms with E-state index in [0.29, 0.717) is 24.7 Å². The predicted octanol–water partition coefficient (Wildman–Crippen LogP) is 1.33. The summed E-state index contributed by atoms with van der Waals surface area (Å²) in [6, 6.07) is 3.77. The maximum absolute atomic E-state index is 12.0. The van der Waals surface area contributed by atoms with Crippen molar-refractivity contribution in [1.29, 1.82) is 0 Å². The number of fused-ring (bicyclic) bond motifs is 1. The fourth-order valence-electron chi connectivity index (χ4n) is 3.74. The molecule has 3 atom stereocenters. The van der Waals surface area contributed by atoms with E-state index in [2.05, 4.69) is 16.4 Å². The summed E-state index contributed by atoms with van der Waals surface area (Å²) in [7, 11) is 0. The average Bonchev–Trinajstić information content (AvgIpc) is 2.97. The maximum atomic E-state index is 12.0. The van der Waals surface area contributed by atoms with E-state index in [4.69, 9.17) is 4.74 Å². The molecule has 2 heterocycles. The van der Waals surface area contributed by atoms with Gasteiger partial charge >= 0.3 is 6.09 Å². The molecular weight excluding hydrogens is 322 g/mol. The summed E-state index contributed by atoms with van der Waals surface area (Å²) in [6.45, 7) is 2.35. The lowest BCUT2D eigenvalue weighted by atomic mass is 9.99. The smallest absolute Gasteiger partial charge is 0.414 e. The standard InChI is InChI=1S/C18H21N3O4/c1-11(23)19-8-15-9-21(17(24)25-15)14-2-3-16(20-7-14)12-4-13-6-18(13,5-12)10-22/h2-4,7,13,15,22H,5-6,8-10H2,1H3,(H,19,23)/t13?,15-,18?/m0/s1. The fraction of sp³-hybridized carbons (Fsp3) is 0.500. The van der Waals surface area contributed by atoms with Crippen molar-refractivity contribution in [3.63, 3.8) is 0 Å². The number of anilines is 1. The average molecular weight is 343 g/mol. The van der Waals surface area contributed by atoms with Crippen LogP contribution < -0.4 is 10.2 Å². The molecule has 0 spiro atoms. The summed E-state index contributed by atoms with van der Waals surface area (Å²) in [5.74, 6) is 0.334. The van der Waals surface area contributed by atoms with Crippen LogP contribution in [0.1, 0.15) is 25.5 Å². The number of rotatable bonds is 5. The SMILES string of the molecule is CC(=O)NC[C@H]1CN(c2ccc(C3=CC4CC4(CO)C3)nc2)C(=O)O1. The summed E-state index contributed by atoms with van der Waals surface area (Å²) < 4.78 is 5.26. The molecule has 2 amide bonds. The number of ether oxygens (including phenoxy) is 1. The number of hydrogen-bond donors (Lipinski definition) is 2. The van der Waals surface area contributed by atoms with Crippen LogP contribution in [-0.2, 0) is 9.53 Å². The van der Waals surface area contributed by atoms with E-state index in [0.717, 1.165) is 18.5 Å². The summed E-state index contributed by atoms with van der Waals surface area (Å²) in [4.78, 5) is 29.0. The maximum Gasteiger partial charge on any atom is 0.414 e. The van der Waals surface area contributed by atoms with Crippen molar-refractivity contribution in [3.05, 3.63) is 30.1 Å². The number of carbonyl (C=O) groups excluding carboxylic acids is 2. The van der Waals surface area contributed by atoms with Crippen molar-refractivity contribution in [2.45, 2.75) is 25.9 Å². The first-order valence-electron chi connectivity index (χ1n) is 8.51. The number of aliphatic hydroxyl groups excluding tert-OH is 1. The van der Waals surface area contributed by atoms with Gasteiger partial charge in [0.1, 0.15) is 6.10 Å². The first-order chi connectivity index (χ1) is 12.0. The van der Waals surface area contributed by atoms with Crippen molar-refractivity contribution in [2.75, 3.05) is 24.6 Å². The first-order valence-corrected chi connectivity index (χ1v) is 8.51. The molecule has 2 aliphatic carbocycles. The molecule has 1 aromatic rings. The highest BCUT2D eigenvalue weighted by molar-refractivity contribution is 5.89. The Morgan fingerprint density at radius 2 is 2.36 bits per heavy atom. The van der Waals surface area contributed by atoms with Gasteiger partial charge < -0.3 is 15.2 Å². The zero-order chi connectivity index (χ0) is 17.6. The molecule has 3 aliphatic rings. The Kier molecular flexibility index (Phi) is 3.76. The Labute approximate surface area is 145 Å². The molecule has 1 saturated carbocycles. The Morgan fingerprint density at radius 3 is 3.00 bits per heavy atom. The van der Waals surface area contributed by atoms with Crippen LogP contribution in [0.15, 0.2) is 24.4 Å². The molecule has 2 fully saturated rings. The van der Waals surface area contributed by atoms with Crippen molar-refractivity contribution in [3.8, 4) is 0 Å². The van der Waals surface area contributed by atoms with Gasteiger partial charge in [0, 0.05) is 18.9 Å². The van der Waals surface area contributed by atoms with Crippen LogP contribution in [-0.4, -0.2) is 47.9 Å². The van der Waals surface area contributed by atoms with E-state index in [1.165, 1.54) is 17.4 Å². The minimum Gasteiger partial charge on any atom is -0.442 e. The molecule has 132 valence electrons. The van der Waals surface area contributed by atoms with Crippen molar-refractivity contribution < 1.29 is 19.4 Å². The molecule has 4 rings (SSSR count). The van der Waals surface area contributed by atoms with Crippen LogP contribution in [0, 0.1) is 11.3 Å². The second-order valence-electron chi connectivity index (χ2n) is 7.15. The molecule has 1 aromatic heterocycles. The third kappa shape index (κ3) is 2.89. The second kappa shape index (κ2) is 5.84. The van der Waals surface area contributed by atoms with E-state index in [9.17, 15) is 14.7 Å². The van der Waals surface area contributed by atoms with Crippen molar-refractivity contribution in [2.24, 2.45) is 11.3 Å². The minimum absolute atomic E-state index is 0.0609. The van der Waals surface area contributed by atoms with Gasteiger partial charge in [-0.3, -0.25) is 14.7 Å². The number of nitrogens with zero attached hydrogens (tertiary/aromatic N) is 2. The Balaban J connectivity index is 1.42. The number of pyridine rings is 1. The van der Waals surface area contributed by atoms with Crippen LogP contribution >= 0.6 is 0 Å². The zero-order valence-electron chi connectivity index (χ0n) is 14.1. The molecule has 2 unspecified atom stereocenters. The van der Waals surface area contributed by atoms with Crippen LogP contribution in [0.3, 0.4) is 0 Å². The number of amides is 2. The number of nitrogens with one attached hydrogen (secondary N) is 1. The fourth-order valence-corrected chi connectivity index (χ4v) is 3.74. The number of aromatic nitrogens is 1. The van der Waals surface area contributed by atoms with Gasteiger partial charge in [-0.25, -0.2) is 4.79 Å². The number of aliphatic hydroxyl groups is 1. The number of allylic oxidation sites excluding steroid dienone is 2. The van der Waals surface area contributed by atoms with Crippen LogP contribution in [0.5, 0.6) is 0 Å². The second-order valence-corrected chi connectivity index (χ2v) is 7.15. The van der Waals surface area contributed by atoms with Gasteiger partial charge in [0.05, 0.1) is 30.7 Å². The largest absolute Gasteiger partial charge is 0.442 e. The van der Waals surface area contributed by atoms with Gasteiger partial charge in [-0.15, -0.1) is 0 Å². The topological polar surface area (TPSA) is 91.8 Å². The third-order valence-electron chi connectivity index (χ3n) is 5.35. The quantitative estimate of drug-likeness (QED) is 0.841. The highest BCUT2D eigenvalue weighted by Crippen LogP contribution is 2.63. The van der Waals surface area contributed by atoms with Gasteiger partial charge in [0.2, 0.25) is 5.91 Å². The van der Waals surface area contributed by atoms with Crippen LogP contribution in [0.4, 0.5) is 10.5 Å². The molecule has 1 saturated heterocycles. The highest BCUT2D eigenvalue weighted by atomic mass is 16.6. The predicted molar refractivity (Wildman–Crippen MR) is 90.8 cm³/mol. The molecule has 7 heteroatoms. The molecule has 2 N–H and O–H groups in total. The van der Waals surface area contributed by atoms with E-state index in [-0.39, 0.29) is 24.0 Å². The summed E-state index contributed by atoms with van der Waals surface area (Å²) >= 11 is 0. The number of carbonyl (C=O) groups is 2. The van der Waals surface area contributed by atoms with Crippen LogP contribution in [0.2, 0.25) is 0 Å². The normalized spacial score (nSPS) is 29.9. The van der Waals surface area contributed by atoms with E-state index in [1.807, 2.05) is 12.1 Å². The molecule has 0 aromatic carbocycles. The molecule has 1 aliphatic heterocycles. The van der Waals surface area contributed by atoms with Crippen molar-refractivity contribution in [1.82, 2.24) is 10.3 Å². The molecule has 0 radical (unpaired) electrons. The Hall–Kier alpha value is -2.41. The number of hydrogen-bond acceptors (Lipinski definition) is 5. The van der Waals surface area contributed by atoms with E-state index < -0.39 is 6.09 Å². The number of cyclic esters (lactones) is 1. The first kappa shape index (κ1) is 16.1. The summed E-state index contributed by atoms with van der Waals surface area (Å²) in [5, 5.41) is 12.2. The highest BCUT2D eigenvalue weighted by Gasteiger charge is 2.56. The lowest BCUT2D eigenvalue weighted by Gasteiger charge is -2.14. The van der Waals surface area contributed by atoms with Gasteiger partial charge in [0.25, 0.3) is 0 Å².